The van der Waals surface area contributed by atoms with E-state index in [-0.39, 0.29) is 12.5 Å². The van der Waals surface area contributed by atoms with Gasteiger partial charge in [0.25, 0.3) is 5.91 Å². The van der Waals surface area contributed by atoms with Crippen LogP contribution < -0.4 is 19.7 Å². The molecular weight excluding hydrogens is 378 g/mol. The van der Waals surface area contributed by atoms with Crippen LogP contribution in [0, 0.1) is 6.92 Å². The maximum absolute atomic E-state index is 12.7. The van der Waals surface area contributed by atoms with E-state index in [1.54, 1.807) is 6.07 Å². The van der Waals surface area contributed by atoms with E-state index in [1.807, 2.05) is 36.4 Å². The molecular formula is C24H25N3O3. The monoisotopic (exact) mass is 403 g/mol. The van der Waals surface area contributed by atoms with Crippen LogP contribution in [0.2, 0.25) is 0 Å². The maximum atomic E-state index is 12.7. The zero-order valence-corrected chi connectivity index (χ0v) is 17.1. The van der Waals surface area contributed by atoms with Crippen molar-refractivity contribution in [3.63, 3.8) is 0 Å². The van der Waals surface area contributed by atoms with Gasteiger partial charge in [-0.25, -0.2) is 4.98 Å². The first kappa shape index (κ1) is 18.7. The number of nitrogens with zero attached hydrogens (tertiary/aromatic N) is 2. The molecule has 1 saturated heterocycles. The summed E-state index contributed by atoms with van der Waals surface area (Å²) in [5, 5.41) is 4.00. The molecule has 1 amide bonds. The van der Waals surface area contributed by atoms with Gasteiger partial charge in [0.1, 0.15) is 12.4 Å². The Hall–Kier alpha value is -3.28. The van der Waals surface area contributed by atoms with Crippen LogP contribution in [-0.2, 0) is 4.79 Å². The van der Waals surface area contributed by atoms with Gasteiger partial charge < -0.3 is 19.7 Å². The second-order valence-electron chi connectivity index (χ2n) is 7.93. The molecule has 1 fully saturated rings. The van der Waals surface area contributed by atoms with E-state index in [2.05, 4.69) is 23.2 Å². The molecule has 154 valence electrons. The summed E-state index contributed by atoms with van der Waals surface area (Å²) in [4.78, 5) is 19.9. The highest BCUT2D eigenvalue weighted by molar-refractivity contribution is 5.97. The van der Waals surface area contributed by atoms with Gasteiger partial charge in [0, 0.05) is 24.2 Å². The molecule has 2 aliphatic rings. The fourth-order valence-electron chi connectivity index (χ4n) is 4.11. The Morgan fingerprint density at radius 3 is 2.70 bits per heavy atom. The van der Waals surface area contributed by atoms with Gasteiger partial charge in [-0.3, -0.25) is 4.79 Å². The summed E-state index contributed by atoms with van der Waals surface area (Å²) < 4.78 is 11.5. The third kappa shape index (κ3) is 3.65. The number of benzene rings is 2. The van der Waals surface area contributed by atoms with Crippen molar-refractivity contribution < 1.29 is 14.3 Å². The second kappa shape index (κ2) is 7.86. The number of rotatable bonds is 3. The molecule has 0 aliphatic carbocycles. The van der Waals surface area contributed by atoms with E-state index in [4.69, 9.17) is 14.5 Å². The van der Waals surface area contributed by atoms with Gasteiger partial charge in [0.2, 0.25) is 6.10 Å². The van der Waals surface area contributed by atoms with Gasteiger partial charge in [-0.2, -0.15) is 0 Å². The zero-order chi connectivity index (χ0) is 20.5. The number of hydrogen-bond acceptors (Lipinski definition) is 5. The highest BCUT2D eigenvalue weighted by Crippen LogP contribution is 2.31. The van der Waals surface area contributed by atoms with Crippen molar-refractivity contribution >= 4 is 28.3 Å². The smallest absolute Gasteiger partial charge is 0.269 e. The lowest BCUT2D eigenvalue weighted by Crippen LogP contribution is -2.40. The van der Waals surface area contributed by atoms with Gasteiger partial charge in [-0.1, -0.05) is 12.1 Å². The molecule has 3 heterocycles. The number of para-hydroxylation sites is 2. The average molecular weight is 403 g/mol. The summed E-state index contributed by atoms with van der Waals surface area (Å²) in [6, 6.07) is 15.4. The molecule has 0 saturated carbocycles. The van der Waals surface area contributed by atoms with E-state index >= 15 is 0 Å². The number of carbonyl (C=O) groups is 1. The largest absolute Gasteiger partial charge is 0.485 e. The minimum absolute atomic E-state index is 0.191. The van der Waals surface area contributed by atoms with Gasteiger partial charge in [-0.05, 0) is 68.1 Å². The fraction of sp³-hybridized carbons (Fsp3) is 0.333. The molecule has 2 aliphatic heterocycles. The predicted molar refractivity (Wildman–Crippen MR) is 118 cm³/mol. The number of amides is 1. The van der Waals surface area contributed by atoms with E-state index in [0.29, 0.717) is 11.5 Å². The minimum Gasteiger partial charge on any atom is -0.485 e. The van der Waals surface area contributed by atoms with Gasteiger partial charge >= 0.3 is 0 Å². The van der Waals surface area contributed by atoms with Crippen LogP contribution in [0.15, 0.2) is 48.5 Å². The van der Waals surface area contributed by atoms with Gasteiger partial charge in [0.15, 0.2) is 11.5 Å². The van der Waals surface area contributed by atoms with E-state index in [1.165, 1.54) is 19.3 Å². The van der Waals surface area contributed by atoms with Crippen molar-refractivity contribution in [3.05, 3.63) is 54.1 Å². The number of pyridine rings is 1. The summed E-state index contributed by atoms with van der Waals surface area (Å²) in [5.74, 6) is 2.08. The number of carbonyl (C=O) groups excluding carboxylic acids is 1. The Bertz CT molecular complexity index is 1090. The number of fused-ring (bicyclic) bond motifs is 2. The van der Waals surface area contributed by atoms with Crippen molar-refractivity contribution in [3.8, 4) is 11.5 Å². The fourth-order valence-corrected chi connectivity index (χ4v) is 4.11. The second-order valence-corrected chi connectivity index (χ2v) is 7.93. The number of aryl methyl sites for hydroxylation is 1. The minimum atomic E-state index is -0.684. The number of anilines is 2. The quantitative estimate of drug-likeness (QED) is 0.706. The van der Waals surface area contributed by atoms with E-state index in [9.17, 15) is 4.79 Å². The molecule has 5 rings (SSSR count). The van der Waals surface area contributed by atoms with Crippen molar-refractivity contribution in [2.24, 2.45) is 0 Å². The first-order valence-corrected chi connectivity index (χ1v) is 10.5. The molecule has 1 atom stereocenters. The lowest BCUT2D eigenvalue weighted by atomic mass is 10.1. The third-order valence-corrected chi connectivity index (χ3v) is 5.75. The standard InChI is InChI=1S/C24H25N3O3/c1-16-13-23(27-11-5-2-6-12-27)26-19-10-9-17(14-18(16)19)25-24(28)22-15-29-20-7-3-4-8-21(20)30-22/h3-4,7-10,13-14,22H,2,5-6,11-12,15H2,1H3,(H,25,28)/t22-/m0/s1. The van der Waals surface area contributed by atoms with Crippen molar-refractivity contribution in [2.75, 3.05) is 29.9 Å². The number of nitrogens with one attached hydrogen (secondary N) is 1. The SMILES string of the molecule is Cc1cc(N2CCCCC2)nc2ccc(NC(=O)[C@@H]3COc4ccccc4O3)cc12. The first-order valence-electron chi connectivity index (χ1n) is 10.5. The predicted octanol–water partition coefficient (Wildman–Crippen LogP) is 4.31. The Morgan fingerprint density at radius 1 is 1.07 bits per heavy atom. The summed E-state index contributed by atoms with van der Waals surface area (Å²) >= 11 is 0. The van der Waals surface area contributed by atoms with Crippen molar-refractivity contribution in [1.82, 2.24) is 4.98 Å². The molecule has 0 unspecified atom stereocenters. The van der Waals surface area contributed by atoms with Crippen LogP contribution >= 0.6 is 0 Å². The first-order chi connectivity index (χ1) is 14.7. The number of ether oxygens (including phenoxy) is 2. The zero-order valence-electron chi connectivity index (χ0n) is 17.1. The molecule has 0 bridgehead atoms. The summed E-state index contributed by atoms with van der Waals surface area (Å²) in [6.07, 6.45) is 3.06. The number of piperidine rings is 1. The normalized spacial score (nSPS) is 18.3. The molecule has 3 aromatic rings. The molecule has 1 aromatic heterocycles. The molecule has 30 heavy (non-hydrogen) atoms. The van der Waals surface area contributed by atoms with Crippen LogP contribution in [0.1, 0.15) is 24.8 Å². The Morgan fingerprint density at radius 2 is 1.87 bits per heavy atom. The molecule has 6 heteroatoms. The molecule has 0 spiro atoms. The highest BCUT2D eigenvalue weighted by atomic mass is 16.6. The van der Waals surface area contributed by atoms with Gasteiger partial charge in [0.05, 0.1) is 5.52 Å². The molecule has 6 nitrogen and oxygen atoms in total. The Labute approximate surface area is 175 Å². The van der Waals surface area contributed by atoms with Crippen molar-refractivity contribution in [1.29, 1.82) is 0 Å². The number of aromatic nitrogens is 1. The number of hydrogen-bond donors (Lipinski definition) is 1. The lowest BCUT2D eigenvalue weighted by molar-refractivity contribution is -0.125. The van der Waals surface area contributed by atoms with Crippen LogP contribution in [0.3, 0.4) is 0 Å². The van der Waals surface area contributed by atoms with E-state index in [0.717, 1.165) is 41.1 Å². The lowest BCUT2D eigenvalue weighted by Gasteiger charge is -2.28. The molecule has 0 radical (unpaired) electrons. The van der Waals surface area contributed by atoms with Crippen LogP contribution in [0.5, 0.6) is 11.5 Å². The third-order valence-electron chi connectivity index (χ3n) is 5.75. The summed E-state index contributed by atoms with van der Waals surface area (Å²) in [7, 11) is 0. The Balaban J connectivity index is 1.34. The summed E-state index contributed by atoms with van der Waals surface area (Å²) in [5.41, 5.74) is 2.83. The van der Waals surface area contributed by atoms with Crippen LogP contribution in [0.4, 0.5) is 11.5 Å². The Kier molecular flexibility index (Phi) is 4.91. The van der Waals surface area contributed by atoms with Crippen LogP contribution in [0.25, 0.3) is 10.9 Å². The van der Waals surface area contributed by atoms with E-state index < -0.39 is 6.10 Å². The van der Waals surface area contributed by atoms with Crippen molar-refractivity contribution in [2.45, 2.75) is 32.3 Å². The summed E-state index contributed by atoms with van der Waals surface area (Å²) in [6.45, 7) is 4.42. The average Bonchev–Trinajstić information content (AvgIpc) is 2.79. The molecule has 1 N–H and O–H groups in total. The highest BCUT2D eigenvalue weighted by Gasteiger charge is 2.27. The van der Waals surface area contributed by atoms with Gasteiger partial charge in [-0.15, -0.1) is 0 Å². The maximum Gasteiger partial charge on any atom is 0.269 e. The molecule has 2 aromatic carbocycles. The topological polar surface area (TPSA) is 63.7 Å². The van der Waals surface area contributed by atoms with Crippen LogP contribution in [-0.4, -0.2) is 36.7 Å².